The highest BCUT2D eigenvalue weighted by molar-refractivity contribution is 6.32. The minimum absolute atomic E-state index is 0.118. The summed E-state index contributed by atoms with van der Waals surface area (Å²) in [5.74, 6) is -1.62. The van der Waals surface area contributed by atoms with E-state index in [1.165, 1.54) is 4.68 Å². The molecule has 0 bridgehead atoms. The molecular formula is C20H25ClN4O4. The quantitative estimate of drug-likeness (QED) is 0.604. The van der Waals surface area contributed by atoms with E-state index in [1.807, 2.05) is 38.1 Å². The molecule has 1 aromatic heterocycles. The van der Waals surface area contributed by atoms with Crippen LogP contribution in [0.2, 0.25) is 5.15 Å². The summed E-state index contributed by atoms with van der Waals surface area (Å²) in [6, 6.07) is 7.88. The van der Waals surface area contributed by atoms with E-state index in [-0.39, 0.29) is 23.2 Å². The highest BCUT2D eigenvalue weighted by Crippen LogP contribution is 2.22. The van der Waals surface area contributed by atoms with Crippen molar-refractivity contribution >= 4 is 29.4 Å². The number of aromatic nitrogens is 2. The van der Waals surface area contributed by atoms with Gasteiger partial charge in [0, 0.05) is 6.54 Å². The third-order valence-electron chi connectivity index (χ3n) is 4.08. The Hall–Kier alpha value is -2.87. The van der Waals surface area contributed by atoms with E-state index in [0.29, 0.717) is 18.8 Å². The Morgan fingerprint density at radius 3 is 2.45 bits per heavy atom. The number of nitrogens with zero attached hydrogens (tertiary/aromatic N) is 2. The summed E-state index contributed by atoms with van der Waals surface area (Å²) in [5, 5.41) is 9.46. The average Bonchev–Trinajstić information content (AvgIpc) is 2.97. The van der Waals surface area contributed by atoms with Crippen LogP contribution in [0.4, 0.5) is 0 Å². The van der Waals surface area contributed by atoms with Crippen molar-refractivity contribution in [3.05, 3.63) is 51.8 Å². The minimum atomic E-state index is -0.742. The van der Waals surface area contributed by atoms with Gasteiger partial charge in [-0.1, -0.05) is 48.4 Å². The van der Waals surface area contributed by atoms with E-state index in [4.69, 9.17) is 16.3 Å². The number of hydrogen-bond acceptors (Lipinski definition) is 5. The fourth-order valence-electron chi connectivity index (χ4n) is 2.52. The smallest absolute Gasteiger partial charge is 0.343 e. The van der Waals surface area contributed by atoms with Gasteiger partial charge in [-0.25, -0.2) is 9.48 Å². The molecule has 9 heteroatoms. The number of nitrogens with one attached hydrogen (secondary N) is 2. The second-order valence-electron chi connectivity index (χ2n) is 6.60. The average molecular weight is 421 g/mol. The summed E-state index contributed by atoms with van der Waals surface area (Å²) in [4.78, 5) is 35.6. The van der Waals surface area contributed by atoms with Crippen molar-refractivity contribution in [1.29, 1.82) is 0 Å². The Morgan fingerprint density at radius 2 is 1.79 bits per heavy atom. The Labute approximate surface area is 174 Å². The van der Waals surface area contributed by atoms with Crippen molar-refractivity contribution < 1.29 is 19.1 Å². The number of aryl methyl sites for hydroxylation is 2. The van der Waals surface area contributed by atoms with E-state index >= 15 is 0 Å². The van der Waals surface area contributed by atoms with Gasteiger partial charge < -0.3 is 15.4 Å². The van der Waals surface area contributed by atoms with Crippen molar-refractivity contribution in [1.82, 2.24) is 20.4 Å². The molecule has 0 fully saturated rings. The molecule has 8 nitrogen and oxygen atoms in total. The minimum Gasteiger partial charge on any atom is -0.452 e. The number of halogens is 1. The van der Waals surface area contributed by atoms with Gasteiger partial charge in [-0.15, -0.1) is 0 Å². The number of ether oxygens (including phenoxy) is 1. The van der Waals surface area contributed by atoms with Crippen molar-refractivity contribution in [3.63, 3.8) is 0 Å². The monoisotopic (exact) mass is 420 g/mol. The van der Waals surface area contributed by atoms with Crippen molar-refractivity contribution in [2.75, 3.05) is 19.7 Å². The number of amides is 2. The number of esters is 1. The fraction of sp³-hybridized carbons (Fsp3) is 0.400. The SMILES string of the molecule is CCCNC(=O)CNC(=O)COC(=O)c1c(C)nn(Cc2ccc(C)cc2)c1Cl. The van der Waals surface area contributed by atoms with Crippen molar-refractivity contribution in [2.45, 2.75) is 33.7 Å². The van der Waals surface area contributed by atoms with Gasteiger partial charge in [0.1, 0.15) is 10.7 Å². The van der Waals surface area contributed by atoms with E-state index in [9.17, 15) is 14.4 Å². The van der Waals surface area contributed by atoms with Crippen LogP contribution in [0.3, 0.4) is 0 Å². The number of carbonyl (C=O) groups excluding carboxylic acids is 3. The Balaban J connectivity index is 1.92. The van der Waals surface area contributed by atoms with Crippen LogP contribution in [0, 0.1) is 13.8 Å². The normalized spacial score (nSPS) is 10.5. The standard InChI is InChI=1S/C20H25ClN4O4/c1-4-9-22-16(26)10-23-17(27)12-29-20(28)18-14(3)24-25(19(18)21)11-15-7-5-13(2)6-8-15/h5-8H,4,9-12H2,1-3H3,(H,22,26)(H,23,27). The molecule has 1 heterocycles. The molecule has 0 atom stereocenters. The Bertz CT molecular complexity index is 877. The van der Waals surface area contributed by atoms with Gasteiger partial charge in [-0.2, -0.15) is 5.10 Å². The summed E-state index contributed by atoms with van der Waals surface area (Å²) in [7, 11) is 0. The zero-order chi connectivity index (χ0) is 21.4. The first-order valence-electron chi connectivity index (χ1n) is 9.30. The second-order valence-corrected chi connectivity index (χ2v) is 6.96. The Morgan fingerprint density at radius 1 is 1.10 bits per heavy atom. The zero-order valence-corrected chi connectivity index (χ0v) is 17.5. The lowest BCUT2D eigenvalue weighted by Gasteiger charge is -2.07. The lowest BCUT2D eigenvalue weighted by Crippen LogP contribution is -2.38. The summed E-state index contributed by atoms with van der Waals surface area (Å²) < 4.78 is 6.53. The molecule has 0 aliphatic carbocycles. The number of rotatable bonds is 9. The van der Waals surface area contributed by atoms with Crippen LogP contribution in [-0.4, -0.2) is 47.3 Å². The van der Waals surface area contributed by atoms with Crippen LogP contribution in [-0.2, 0) is 20.9 Å². The maximum Gasteiger partial charge on any atom is 0.343 e. The lowest BCUT2D eigenvalue weighted by molar-refractivity contribution is -0.127. The molecule has 0 saturated heterocycles. The van der Waals surface area contributed by atoms with E-state index in [0.717, 1.165) is 17.5 Å². The predicted molar refractivity (Wildman–Crippen MR) is 109 cm³/mol. The van der Waals surface area contributed by atoms with Crippen LogP contribution >= 0.6 is 11.6 Å². The molecule has 2 aromatic rings. The van der Waals surface area contributed by atoms with Crippen LogP contribution in [0.15, 0.2) is 24.3 Å². The maximum absolute atomic E-state index is 12.4. The largest absolute Gasteiger partial charge is 0.452 e. The molecule has 29 heavy (non-hydrogen) atoms. The number of hydrogen-bond donors (Lipinski definition) is 2. The predicted octanol–water partition coefficient (Wildman–Crippen LogP) is 2.00. The van der Waals surface area contributed by atoms with Gasteiger partial charge in [0.05, 0.1) is 18.8 Å². The topological polar surface area (TPSA) is 102 Å². The molecule has 2 amide bonds. The summed E-state index contributed by atoms with van der Waals surface area (Å²) in [6.45, 7) is 5.81. The van der Waals surface area contributed by atoms with Gasteiger partial charge in [0.25, 0.3) is 5.91 Å². The fourth-order valence-corrected chi connectivity index (χ4v) is 2.83. The molecule has 0 aliphatic heterocycles. The lowest BCUT2D eigenvalue weighted by atomic mass is 10.1. The first-order valence-corrected chi connectivity index (χ1v) is 9.68. The van der Waals surface area contributed by atoms with E-state index in [1.54, 1.807) is 6.92 Å². The van der Waals surface area contributed by atoms with Crippen molar-refractivity contribution in [3.8, 4) is 0 Å². The number of carbonyl (C=O) groups is 3. The highest BCUT2D eigenvalue weighted by Gasteiger charge is 2.22. The van der Waals surface area contributed by atoms with E-state index < -0.39 is 18.5 Å². The molecule has 0 saturated carbocycles. The van der Waals surface area contributed by atoms with Crippen molar-refractivity contribution in [2.24, 2.45) is 0 Å². The summed E-state index contributed by atoms with van der Waals surface area (Å²) >= 11 is 6.32. The molecule has 2 N–H and O–H groups in total. The molecule has 1 aromatic carbocycles. The van der Waals surface area contributed by atoms with Crippen LogP contribution < -0.4 is 10.6 Å². The third-order valence-corrected chi connectivity index (χ3v) is 4.46. The van der Waals surface area contributed by atoms with Gasteiger partial charge >= 0.3 is 5.97 Å². The van der Waals surface area contributed by atoms with Gasteiger partial charge in [0.2, 0.25) is 5.91 Å². The number of benzene rings is 1. The molecule has 0 spiro atoms. The molecule has 2 rings (SSSR count). The first kappa shape index (κ1) is 22.4. The second kappa shape index (κ2) is 10.6. The summed E-state index contributed by atoms with van der Waals surface area (Å²) in [5.41, 5.74) is 2.65. The molecule has 0 aliphatic rings. The third kappa shape index (κ3) is 6.60. The molecule has 0 unspecified atom stereocenters. The van der Waals surface area contributed by atoms with Gasteiger partial charge in [0.15, 0.2) is 6.61 Å². The van der Waals surface area contributed by atoms with Gasteiger partial charge in [-0.3, -0.25) is 9.59 Å². The highest BCUT2D eigenvalue weighted by atomic mass is 35.5. The van der Waals surface area contributed by atoms with Crippen LogP contribution in [0.5, 0.6) is 0 Å². The molecule has 156 valence electrons. The van der Waals surface area contributed by atoms with Crippen LogP contribution in [0.25, 0.3) is 0 Å². The van der Waals surface area contributed by atoms with E-state index in [2.05, 4.69) is 15.7 Å². The first-order chi connectivity index (χ1) is 13.8. The molecular weight excluding hydrogens is 396 g/mol. The Kier molecular flexibility index (Phi) is 8.21. The van der Waals surface area contributed by atoms with Crippen LogP contribution in [0.1, 0.15) is 40.5 Å². The molecule has 0 radical (unpaired) electrons. The maximum atomic E-state index is 12.4. The zero-order valence-electron chi connectivity index (χ0n) is 16.8. The van der Waals surface area contributed by atoms with Gasteiger partial charge in [-0.05, 0) is 25.8 Å². The summed E-state index contributed by atoms with van der Waals surface area (Å²) in [6.07, 6.45) is 0.801.